The van der Waals surface area contributed by atoms with Crippen LogP contribution < -0.4 is 14.2 Å². The fraction of sp³-hybridized carbons (Fsp3) is 0.294. The number of nitrogens with one attached hydrogen (secondary N) is 1. The molecular weight excluding hydrogens is 333 g/mol. The maximum absolute atomic E-state index is 13.3. The molecule has 0 spiro atoms. The van der Waals surface area contributed by atoms with Crippen LogP contribution in [0.2, 0.25) is 0 Å². The van der Waals surface area contributed by atoms with Gasteiger partial charge in [0, 0.05) is 6.04 Å². The Bertz CT molecular complexity index is 845. The summed E-state index contributed by atoms with van der Waals surface area (Å²) in [6.07, 6.45) is 1.21. The van der Waals surface area contributed by atoms with Gasteiger partial charge in [0.15, 0.2) is 4.90 Å². The predicted octanol–water partition coefficient (Wildman–Crippen LogP) is 2.81. The van der Waals surface area contributed by atoms with Crippen LogP contribution >= 0.6 is 0 Å². The molecule has 24 heavy (non-hydrogen) atoms. The van der Waals surface area contributed by atoms with Gasteiger partial charge in [0.05, 0.1) is 14.2 Å². The number of methoxy groups -OCH3 is 2. The maximum atomic E-state index is 13.3. The Hall–Kier alpha value is -2.12. The van der Waals surface area contributed by atoms with Crippen LogP contribution in [0.15, 0.2) is 41.3 Å². The van der Waals surface area contributed by atoms with Crippen molar-refractivity contribution in [3.05, 3.63) is 53.3 Å². The maximum Gasteiger partial charge on any atom is 0.248 e. The van der Waals surface area contributed by atoms with Crippen LogP contribution in [0.1, 0.15) is 23.6 Å². The molecule has 2 aromatic rings. The van der Waals surface area contributed by atoms with E-state index < -0.39 is 16.1 Å². The summed E-state index contributed by atoms with van der Waals surface area (Å²) < 4.78 is 52.1. The van der Waals surface area contributed by atoms with Crippen LogP contribution in [0.25, 0.3) is 0 Å². The normalized spacial score (nSPS) is 16.7. The summed E-state index contributed by atoms with van der Waals surface area (Å²) in [5.74, 6) is 0.0991. The second kappa shape index (κ2) is 6.41. The molecule has 1 atom stereocenters. The van der Waals surface area contributed by atoms with E-state index in [2.05, 4.69) is 4.72 Å². The molecule has 1 aliphatic rings. The lowest BCUT2D eigenvalue weighted by molar-refractivity contribution is 0.372. The number of fused-ring (bicyclic) bond motifs is 1. The number of aryl methyl sites for hydroxylation is 1. The van der Waals surface area contributed by atoms with E-state index in [1.54, 1.807) is 24.3 Å². The lowest BCUT2D eigenvalue weighted by atomic mass is 10.1. The van der Waals surface area contributed by atoms with E-state index in [1.165, 1.54) is 26.4 Å². The Balaban J connectivity index is 1.97. The molecule has 3 rings (SSSR count). The van der Waals surface area contributed by atoms with Gasteiger partial charge in [-0.05, 0) is 48.2 Å². The van der Waals surface area contributed by atoms with Crippen LogP contribution in [-0.4, -0.2) is 22.6 Å². The number of hydrogen-bond donors (Lipinski definition) is 1. The fourth-order valence-electron chi connectivity index (χ4n) is 3.04. The van der Waals surface area contributed by atoms with Crippen molar-refractivity contribution in [3.8, 4) is 11.5 Å². The van der Waals surface area contributed by atoms with Crippen molar-refractivity contribution < 1.29 is 22.3 Å². The third kappa shape index (κ3) is 2.97. The third-order valence-electron chi connectivity index (χ3n) is 4.13. The van der Waals surface area contributed by atoms with Crippen LogP contribution in [0.5, 0.6) is 11.5 Å². The topological polar surface area (TPSA) is 64.6 Å². The molecule has 0 bridgehead atoms. The molecule has 1 N–H and O–H groups in total. The molecule has 0 fully saturated rings. The zero-order valence-electron chi connectivity index (χ0n) is 13.4. The van der Waals surface area contributed by atoms with Crippen molar-refractivity contribution in [3.63, 3.8) is 0 Å². The molecule has 5 nitrogen and oxygen atoms in total. The van der Waals surface area contributed by atoms with Gasteiger partial charge >= 0.3 is 0 Å². The van der Waals surface area contributed by atoms with Crippen molar-refractivity contribution in [2.75, 3.05) is 14.2 Å². The second-order valence-corrected chi connectivity index (χ2v) is 7.20. The summed E-state index contributed by atoms with van der Waals surface area (Å²) in [6.45, 7) is 0. The van der Waals surface area contributed by atoms with E-state index >= 15 is 0 Å². The summed E-state index contributed by atoms with van der Waals surface area (Å²) in [5.41, 5.74) is 1.63. The Morgan fingerprint density at radius 3 is 2.42 bits per heavy atom. The van der Waals surface area contributed by atoms with Crippen molar-refractivity contribution in [2.45, 2.75) is 23.8 Å². The molecule has 0 amide bonds. The first-order chi connectivity index (χ1) is 11.5. The van der Waals surface area contributed by atoms with Crippen molar-refractivity contribution in [1.29, 1.82) is 0 Å². The molecule has 0 radical (unpaired) electrons. The van der Waals surface area contributed by atoms with Gasteiger partial charge in [0.25, 0.3) is 0 Å². The first-order valence-corrected chi connectivity index (χ1v) is 8.96. The first kappa shape index (κ1) is 16.7. The molecular formula is C17H18FNO4S. The minimum absolute atomic E-state index is 0.0365. The number of halogens is 1. The standard InChI is InChI=1S/C17H18FNO4S/c1-22-15-4-3-5-16(23-2)17(15)24(20,21)19-14-9-6-11-10-12(18)7-8-13(11)14/h3-5,7-8,10,14,19H,6,9H2,1-2H3. The molecule has 0 aromatic heterocycles. The molecule has 1 unspecified atom stereocenters. The first-order valence-electron chi connectivity index (χ1n) is 7.48. The largest absolute Gasteiger partial charge is 0.495 e. The number of benzene rings is 2. The molecule has 2 aromatic carbocycles. The van der Waals surface area contributed by atoms with E-state index in [9.17, 15) is 12.8 Å². The van der Waals surface area contributed by atoms with Crippen molar-refractivity contribution >= 4 is 10.0 Å². The van der Waals surface area contributed by atoms with Gasteiger partial charge in [0.2, 0.25) is 10.0 Å². The van der Waals surface area contributed by atoms with Gasteiger partial charge in [-0.15, -0.1) is 0 Å². The minimum atomic E-state index is -3.88. The predicted molar refractivity (Wildman–Crippen MR) is 87.3 cm³/mol. The molecule has 7 heteroatoms. The van der Waals surface area contributed by atoms with Crippen LogP contribution in [0.4, 0.5) is 4.39 Å². The molecule has 0 saturated carbocycles. The van der Waals surface area contributed by atoms with Crippen molar-refractivity contribution in [1.82, 2.24) is 4.72 Å². The SMILES string of the molecule is COc1cccc(OC)c1S(=O)(=O)NC1CCc2cc(F)ccc21. The molecule has 128 valence electrons. The van der Waals surface area contributed by atoms with Gasteiger partial charge in [-0.2, -0.15) is 0 Å². The minimum Gasteiger partial charge on any atom is -0.495 e. The lowest BCUT2D eigenvalue weighted by Gasteiger charge is -2.18. The summed E-state index contributed by atoms with van der Waals surface area (Å²) >= 11 is 0. The highest BCUT2D eigenvalue weighted by Gasteiger charge is 2.31. The number of sulfonamides is 1. The fourth-order valence-corrected chi connectivity index (χ4v) is 4.61. The Morgan fingerprint density at radius 2 is 1.79 bits per heavy atom. The Morgan fingerprint density at radius 1 is 1.12 bits per heavy atom. The summed E-state index contributed by atoms with van der Waals surface area (Å²) in [4.78, 5) is -0.0365. The molecule has 1 aliphatic carbocycles. The highest BCUT2D eigenvalue weighted by atomic mass is 32.2. The van der Waals surface area contributed by atoms with E-state index in [0.29, 0.717) is 12.8 Å². The second-order valence-electron chi connectivity index (χ2n) is 5.55. The average molecular weight is 351 g/mol. The summed E-state index contributed by atoms with van der Waals surface area (Å²) in [5, 5.41) is 0. The molecule has 0 aliphatic heterocycles. The van der Waals surface area contributed by atoms with E-state index in [1.807, 2.05) is 0 Å². The van der Waals surface area contributed by atoms with E-state index in [0.717, 1.165) is 11.1 Å². The van der Waals surface area contributed by atoms with Gasteiger partial charge in [-0.1, -0.05) is 12.1 Å². The summed E-state index contributed by atoms with van der Waals surface area (Å²) in [7, 11) is -1.07. The Kier molecular flexibility index (Phi) is 4.47. The zero-order valence-corrected chi connectivity index (χ0v) is 14.2. The molecule has 0 heterocycles. The quantitative estimate of drug-likeness (QED) is 0.900. The van der Waals surface area contributed by atoms with Gasteiger partial charge in [-0.25, -0.2) is 17.5 Å². The lowest BCUT2D eigenvalue weighted by Crippen LogP contribution is -2.28. The smallest absolute Gasteiger partial charge is 0.248 e. The van der Waals surface area contributed by atoms with Crippen LogP contribution in [0, 0.1) is 5.82 Å². The number of ether oxygens (including phenoxy) is 2. The summed E-state index contributed by atoms with van der Waals surface area (Å²) in [6, 6.07) is 8.81. The average Bonchev–Trinajstić information content (AvgIpc) is 2.95. The van der Waals surface area contributed by atoms with Crippen LogP contribution in [0.3, 0.4) is 0 Å². The van der Waals surface area contributed by atoms with Gasteiger partial charge < -0.3 is 9.47 Å². The highest BCUT2D eigenvalue weighted by Crippen LogP contribution is 2.37. The highest BCUT2D eigenvalue weighted by molar-refractivity contribution is 7.89. The van der Waals surface area contributed by atoms with Gasteiger partial charge in [0.1, 0.15) is 17.3 Å². The van der Waals surface area contributed by atoms with E-state index in [-0.39, 0.29) is 22.2 Å². The third-order valence-corrected chi connectivity index (χ3v) is 5.67. The van der Waals surface area contributed by atoms with E-state index in [4.69, 9.17) is 9.47 Å². The Labute approximate surface area is 140 Å². The van der Waals surface area contributed by atoms with Crippen LogP contribution in [-0.2, 0) is 16.4 Å². The molecule has 0 saturated heterocycles. The monoisotopic (exact) mass is 351 g/mol. The van der Waals surface area contributed by atoms with Crippen molar-refractivity contribution in [2.24, 2.45) is 0 Å². The number of rotatable bonds is 5. The van der Waals surface area contributed by atoms with Gasteiger partial charge in [-0.3, -0.25) is 0 Å². The number of hydrogen-bond acceptors (Lipinski definition) is 4. The zero-order chi connectivity index (χ0) is 17.3.